The summed E-state index contributed by atoms with van der Waals surface area (Å²) in [6.07, 6.45) is -2.11. The third kappa shape index (κ3) is 4.97. The zero-order valence-electron chi connectivity index (χ0n) is 19.7. The quantitative estimate of drug-likeness (QED) is 0.636. The van der Waals surface area contributed by atoms with E-state index < -0.39 is 24.7 Å². The van der Waals surface area contributed by atoms with Gasteiger partial charge < -0.3 is 10.2 Å². The molecule has 1 saturated carbocycles. The fourth-order valence-electron chi connectivity index (χ4n) is 3.25. The van der Waals surface area contributed by atoms with E-state index in [2.05, 4.69) is 20.8 Å². The van der Waals surface area contributed by atoms with E-state index in [0.717, 1.165) is 18.4 Å². The Balaban J connectivity index is 2.27. The molecular formula is C21H34O2. The Morgan fingerprint density at radius 1 is 1.30 bits per heavy atom. The minimum Gasteiger partial charge on any atom is -0.508 e. The SMILES string of the molecule is [2H]C1([2H])CC[C@H](c2ccc(C(C)(C)CCCCCC)cc2O)C([2H])([2H])C1([2H])O. The summed E-state index contributed by atoms with van der Waals surface area (Å²) in [5.74, 6) is -0.994. The summed E-state index contributed by atoms with van der Waals surface area (Å²) in [5.41, 5.74) is 1.18. The summed E-state index contributed by atoms with van der Waals surface area (Å²) in [6.45, 7) is 6.43. The molecule has 0 heterocycles. The first-order valence-corrected chi connectivity index (χ1v) is 8.84. The van der Waals surface area contributed by atoms with E-state index in [1.165, 1.54) is 19.3 Å². The minimum atomic E-state index is -2.88. The van der Waals surface area contributed by atoms with Crippen molar-refractivity contribution in [1.29, 1.82) is 0 Å². The molecule has 0 radical (unpaired) electrons. The van der Waals surface area contributed by atoms with Crippen molar-refractivity contribution in [3.8, 4) is 5.75 Å². The largest absolute Gasteiger partial charge is 0.508 e. The van der Waals surface area contributed by atoms with Crippen LogP contribution in [0.2, 0.25) is 0 Å². The fraction of sp³-hybridized carbons (Fsp3) is 0.714. The molecular weight excluding hydrogens is 284 g/mol. The van der Waals surface area contributed by atoms with Crippen LogP contribution in [0.3, 0.4) is 0 Å². The number of phenols is 1. The van der Waals surface area contributed by atoms with Gasteiger partial charge >= 0.3 is 0 Å². The number of hydrogen-bond acceptors (Lipinski definition) is 2. The van der Waals surface area contributed by atoms with Crippen LogP contribution >= 0.6 is 0 Å². The van der Waals surface area contributed by atoms with Crippen LogP contribution in [0.1, 0.15) is 102 Å². The summed E-state index contributed by atoms with van der Waals surface area (Å²) in [6, 6.07) is 5.23. The van der Waals surface area contributed by atoms with Gasteiger partial charge in [0, 0.05) is 5.48 Å². The molecule has 0 bridgehead atoms. The second kappa shape index (κ2) is 8.19. The number of phenolic OH excluding ortho intramolecular Hbond substituents is 1. The van der Waals surface area contributed by atoms with Crippen molar-refractivity contribution in [2.45, 2.75) is 95.9 Å². The lowest BCUT2D eigenvalue weighted by Gasteiger charge is -2.29. The van der Waals surface area contributed by atoms with Crippen molar-refractivity contribution in [3.05, 3.63) is 29.3 Å². The van der Waals surface area contributed by atoms with Crippen LogP contribution in [0, 0.1) is 0 Å². The number of rotatable bonds is 7. The van der Waals surface area contributed by atoms with E-state index in [-0.39, 0.29) is 24.0 Å². The Labute approximate surface area is 149 Å². The maximum absolute atomic E-state index is 10.6. The summed E-state index contributed by atoms with van der Waals surface area (Å²) < 4.78 is 40.1. The van der Waals surface area contributed by atoms with Crippen LogP contribution in [0.15, 0.2) is 18.2 Å². The Kier molecular flexibility index (Phi) is 4.40. The summed E-state index contributed by atoms with van der Waals surface area (Å²) >= 11 is 0. The van der Waals surface area contributed by atoms with Crippen molar-refractivity contribution in [2.75, 3.05) is 0 Å². The molecule has 1 aromatic rings. The highest BCUT2D eigenvalue weighted by molar-refractivity contribution is 5.41. The van der Waals surface area contributed by atoms with Crippen molar-refractivity contribution >= 4 is 0 Å². The number of aliphatic hydroxyl groups is 1. The second-order valence-electron chi connectivity index (χ2n) is 7.23. The zero-order chi connectivity index (χ0) is 21.4. The second-order valence-corrected chi connectivity index (χ2v) is 7.23. The van der Waals surface area contributed by atoms with Gasteiger partial charge in [-0.05, 0) is 54.1 Å². The number of hydrogen-bond donors (Lipinski definition) is 2. The highest BCUT2D eigenvalue weighted by Crippen LogP contribution is 2.40. The van der Waals surface area contributed by atoms with Crippen molar-refractivity contribution in [2.24, 2.45) is 0 Å². The highest BCUT2D eigenvalue weighted by Gasteiger charge is 2.26. The molecule has 1 fully saturated rings. The first-order chi connectivity index (χ1) is 12.8. The van der Waals surface area contributed by atoms with Crippen LogP contribution in [-0.2, 0) is 5.41 Å². The molecule has 1 unspecified atom stereocenters. The normalized spacial score (nSPS) is 33.0. The van der Waals surface area contributed by atoms with Gasteiger partial charge in [0.2, 0.25) is 0 Å². The number of aromatic hydroxyl groups is 1. The smallest absolute Gasteiger partial charge is 0.119 e. The third-order valence-corrected chi connectivity index (χ3v) is 4.88. The molecule has 130 valence electrons. The molecule has 0 spiro atoms. The molecule has 1 aromatic carbocycles. The first kappa shape index (κ1) is 12.4. The van der Waals surface area contributed by atoms with Gasteiger partial charge in [0.15, 0.2) is 0 Å². The minimum absolute atomic E-state index is 0.0498. The van der Waals surface area contributed by atoms with Crippen molar-refractivity contribution in [1.82, 2.24) is 0 Å². The van der Waals surface area contributed by atoms with Gasteiger partial charge in [-0.1, -0.05) is 65.0 Å². The van der Waals surface area contributed by atoms with Crippen LogP contribution in [0.4, 0.5) is 0 Å². The molecule has 2 N–H and O–H groups in total. The van der Waals surface area contributed by atoms with E-state index >= 15 is 0 Å². The molecule has 2 rings (SSSR count). The summed E-state index contributed by atoms with van der Waals surface area (Å²) in [4.78, 5) is 0. The van der Waals surface area contributed by atoms with Crippen LogP contribution < -0.4 is 0 Å². The lowest BCUT2D eigenvalue weighted by atomic mass is 9.77. The fourth-order valence-corrected chi connectivity index (χ4v) is 3.25. The molecule has 2 nitrogen and oxygen atoms in total. The van der Waals surface area contributed by atoms with E-state index in [9.17, 15) is 10.2 Å². The maximum Gasteiger partial charge on any atom is 0.119 e. The van der Waals surface area contributed by atoms with Gasteiger partial charge in [-0.25, -0.2) is 0 Å². The average Bonchev–Trinajstić information content (AvgIpc) is 2.58. The van der Waals surface area contributed by atoms with Gasteiger partial charge in [-0.3, -0.25) is 0 Å². The topological polar surface area (TPSA) is 40.5 Å². The third-order valence-electron chi connectivity index (χ3n) is 4.88. The standard InChI is InChI=1S/C21H34O2/c1-4-5-6-7-13-21(2,3)17-11-12-19(20(23)15-17)16-9-8-10-18(22)14-16/h11-12,15-16,18,22-23H,4-10,13-14H2,1-3H3/t16-,18?/m0/s1/i10D2,14D2,18D. The monoisotopic (exact) mass is 323 g/mol. The number of benzene rings is 1. The molecule has 0 amide bonds. The molecule has 0 aliphatic heterocycles. The van der Waals surface area contributed by atoms with Crippen molar-refractivity contribution in [3.63, 3.8) is 0 Å². The zero-order valence-corrected chi connectivity index (χ0v) is 14.7. The van der Waals surface area contributed by atoms with E-state index in [4.69, 9.17) is 6.85 Å². The molecule has 1 aliphatic rings. The highest BCUT2D eigenvalue weighted by atomic mass is 16.3. The van der Waals surface area contributed by atoms with Gasteiger partial charge in [-0.2, -0.15) is 0 Å². The van der Waals surface area contributed by atoms with Crippen LogP contribution in [0.5, 0.6) is 5.75 Å². The van der Waals surface area contributed by atoms with Gasteiger partial charge in [0.05, 0.1) is 7.45 Å². The van der Waals surface area contributed by atoms with Gasteiger partial charge in [0.1, 0.15) is 5.75 Å². The average molecular weight is 324 g/mol. The Hall–Kier alpha value is -1.02. The molecule has 2 heteroatoms. The number of unbranched alkanes of at least 4 members (excludes halogenated alkanes) is 3. The lowest BCUT2D eigenvalue weighted by Crippen LogP contribution is -2.19. The van der Waals surface area contributed by atoms with E-state index in [1.54, 1.807) is 12.1 Å². The van der Waals surface area contributed by atoms with E-state index in [0.29, 0.717) is 5.56 Å². The van der Waals surface area contributed by atoms with Crippen LogP contribution in [0.25, 0.3) is 0 Å². The van der Waals surface area contributed by atoms with Gasteiger partial charge in [-0.15, -0.1) is 0 Å². The molecule has 0 aromatic heterocycles. The predicted octanol–water partition coefficient (Wildman–Crippen LogP) is 5.66. The first-order valence-electron chi connectivity index (χ1n) is 11.3. The van der Waals surface area contributed by atoms with Crippen molar-refractivity contribution < 1.29 is 17.1 Å². The molecule has 23 heavy (non-hydrogen) atoms. The van der Waals surface area contributed by atoms with Gasteiger partial charge in [0.25, 0.3) is 0 Å². The maximum atomic E-state index is 10.6. The lowest BCUT2D eigenvalue weighted by molar-refractivity contribution is 0.119. The molecule has 2 atom stereocenters. The van der Waals surface area contributed by atoms with Crippen LogP contribution in [-0.4, -0.2) is 16.3 Å². The summed E-state index contributed by atoms with van der Waals surface area (Å²) in [7, 11) is 0. The molecule has 0 saturated heterocycles. The predicted molar refractivity (Wildman–Crippen MR) is 97.1 cm³/mol. The Morgan fingerprint density at radius 2 is 2.09 bits per heavy atom. The van der Waals surface area contributed by atoms with E-state index in [1.807, 2.05) is 6.07 Å². The Bertz CT molecular complexity index is 685. The summed E-state index contributed by atoms with van der Waals surface area (Å²) in [5, 5.41) is 21.0. The molecule has 1 aliphatic carbocycles. The Morgan fingerprint density at radius 3 is 2.78 bits per heavy atom.